The number of carbonyl (C=O) groups excluding carboxylic acids is 1. The van der Waals surface area contributed by atoms with Crippen LogP contribution in [0.2, 0.25) is 0 Å². The van der Waals surface area contributed by atoms with E-state index >= 15 is 0 Å². The van der Waals surface area contributed by atoms with E-state index in [1.165, 1.54) is 0 Å². The average Bonchev–Trinajstić information content (AvgIpc) is 3.25. The smallest absolute Gasteiger partial charge is 0.253 e. The number of furan rings is 1. The minimum Gasteiger partial charge on any atom is -0.459 e. The molecule has 3 aromatic heterocycles. The predicted octanol–water partition coefficient (Wildman–Crippen LogP) is 4.25. The van der Waals surface area contributed by atoms with Gasteiger partial charge in [-0.15, -0.1) is 0 Å². The van der Waals surface area contributed by atoms with Crippen LogP contribution in [0.1, 0.15) is 49.0 Å². The van der Waals surface area contributed by atoms with Gasteiger partial charge in [0.15, 0.2) is 5.65 Å². The van der Waals surface area contributed by atoms with Crippen molar-refractivity contribution in [3.05, 3.63) is 60.1 Å². The predicted molar refractivity (Wildman–Crippen MR) is 100 cm³/mol. The molecule has 1 amide bonds. The second-order valence-corrected chi connectivity index (χ2v) is 6.70. The normalized spacial score (nSPS) is 12.8. The maximum Gasteiger partial charge on any atom is 0.253 e. The fourth-order valence-electron chi connectivity index (χ4n) is 3.01. The number of benzene rings is 1. The minimum atomic E-state index is -0.246. The summed E-state index contributed by atoms with van der Waals surface area (Å²) in [5.74, 6) is 0.533. The number of hydrogen-bond acceptors (Lipinski definition) is 4. The molecule has 1 atom stereocenters. The Kier molecular flexibility index (Phi) is 3.95. The van der Waals surface area contributed by atoms with Gasteiger partial charge in [0, 0.05) is 23.0 Å². The molecule has 0 bridgehead atoms. The quantitative estimate of drug-likeness (QED) is 0.598. The molecule has 4 aromatic rings. The van der Waals surface area contributed by atoms with Crippen LogP contribution in [-0.2, 0) is 0 Å². The molecule has 3 heterocycles. The molecule has 0 spiro atoms. The molecule has 1 unspecified atom stereocenters. The van der Waals surface area contributed by atoms with Gasteiger partial charge >= 0.3 is 0 Å². The van der Waals surface area contributed by atoms with Crippen LogP contribution in [0.3, 0.4) is 0 Å². The highest BCUT2D eigenvalue weighted by molar-refractivity contribution is 5.97. The van der Waals surface area contributed by atoms with Crippen molar-refractivity contribution < 1.29 is 9.21 Å². The number of amides is 1. The largest absolute Gasteiger partial charge is 0.459 e. The topological polar surface area (TPSA) is 73.0 Å². The number of nitrogens with zero attached hydrogens (tertiary/aromatic N) is 3. The van der Waals surface area contributed by atoms with Crippen LogP contribution >= 0.6 is 0 Å². The fourth-order valence-corrected chi connectivity index (χ4v) is 3.01. The summed E-state index contributed by atoms with van der Waals surface area (Å²) in [7, 11) is 0. The molecular weight excluding hydrogens is 328 g/mol. The fraction of sp³-hybridized carbons (Fsp3) is 0.250. The summed E-state index contributed by atoms with van der Waals surface area (Å²) in [6.07, 6.45) is 3.32. The van der Waals surface area contributed by atoms with Gasteiger partial charge in [-0.2, -0.15) is 5.10 Å². The highest BCUT2D eigenvalue weighted by atomic mass is 16.3. The Labute approximate surface area is 150 Å². The molecule has 4 rings (SSSR count). The first-order valence-corrected chi connectivity index (χ1v) is 8.65. The Bertz CT molecular complexity index is 1060. The zero-order valence-electron chi connectivity index (χ0n) is 14.9. The number of aromatic nitrogens is 3. The lowest BCUT2D eigenvalue weighted by molar-refractivity contribution is 0.0935. The maximum atomic E-state index is 12.6. The third kappa shape index (κ3) is 2.83. The van der Waals surface area contributed by atoms with Gasteiger partial charge in [0.05, 0.1) is 17.8 Å². The lowest BCUT2D eigenvalue weighted by Gasteiger charge is -2.11. The lowest BCUT2D eigenvalue weighted by atomic mass is 10.2. The van der Waals surface area contributed by atoms with Gasteiger partial charge < -0.3 is 9.73 Å². The Hall–Kier alpha value is -3.15. The summed E-state index contributed by atoms with van der Waals surface area (Å²) in [6, 6.07) is 11.5. The second kappa shape index (κ2) is 6.29. The van der Waals surface area contributed by atoms with E-state index in [-0.39, 0.29) is 18.0 Å². The molecule has 26 heavy (non-hydrogen) atoms. The molecule has 0 fully saturated rings. The molecule has 6 nitrogen and oxygen atoms in total. The van der Waals surface area contributed by atoms with Crippen molar-refractivity contribution in [1.29, 1.82) is 0 Å². The second-order valence-electron chi connectivity index (χ2n) is 6.70. The lowest BCUT2D eigenvalue weighted by Crippen LogP contribution is -2.26. The molecular formula is C20H20N4O2. The van der Waals surface area contributed by atoms with Crippen molar-refractivity contribution in [2.75, 3.05) is 0 Å². The molecule has 1 N–H and O–H groups in total. The van der Waals surface area contributed by atoms with Crippen molar-refractivity contribution in [1.82, 2.24) is 20.1 Å². The zero-order chi connectivity index (χ0) is 18.3. The first kappa shape index (κ1) is 16.3. The van der Waals surface area contributed by atoms with E-state index in [0.29, 0.717) is 5.56 Å². The van der Waals surface area contributed by atoms with Crippen LogP contribution in [0.4, 0.5) is 0 Å². The molecule has 1 aromatic carbocycles. The Morgan fingerprint density at radius 1 is 1.12 bits per heavy atom. The van der Waals surface area contributed by atoms with Crippen molar-refractivity contribution in [3.63, 3.8) is 0 Å². The molecule has 0 aliphatic rings. The summed E-state index contributed by atoms with van der Waals surface area (Å²) in [5, 5.41) is 9.17. The third-order valence-electron chi connectivity index (χ3n) is 4.40. The van der Waals surface area contributed by atoms with Gasteiger partial charge in [-0.1, -0.05) is 18.2 Å². The molecule has 132 valence electrons. The number of nitrogens with one attached hydrogen (secondary N) is 1. The van der Waals surface area contributed by atoms with Gasteiger partial charge in [-0.25, -0.2) is 9.67 Å². The van der Waals surface area contributed by atoms with Gasteiger partial charge in [0.1, 0.15) is 11.3 Å². The number of rotatable bonds is 4. The Morgan fingerprint density at radius 3 is 2.69 bits per heavy atom. The minimum absolute atomic E-state index is 0.190. The van der Waals surface area contributed by atoms with Crippen LogP contribution in [0, 0.1) is 0 Å². The standard InChI is InChI=1S/C20H20N4O2/c1-12(2)24-19-15(11-22-24)8-16(10-21-19)20(25)23-13(3)18-9-14-6-4-5-7-17(14)26-18/h4-13H,1-3H3,(H,23,25). The highest BCUT2D eigenvalue weighted by Crippen LogP contribution is 2.24. The van der Waals surface area contributed by atoms with Crippen molar-refractivity contribution in [2.24, 2.45) is 0 Å². The van der Waals surface area contributed by atoms with Gasteiger partial charge in [-0.05, 0) is 39.0 Å². The van der Waals surface area contributed by atoms with E-state index in [1.807, 2.05) is 61.9 Å². The van der Waals surface area contributed by atoms with Gasteiger partial charge in [0.25, 0.3) is 5.91 Å². The maximum absolute atomic E-state index is 12.6. The number of para-hydroxylation sites is 1. The summed E-state index contributed by atoms with van der Waals surface area (Å²) in [6.45, 7) is 5.99. The van der Waals surface area contributed by atoms with Crippen LogP contribution < -0.4 is 5.32 Å². The van der Waals surface area contributed by atoms with E-state index in [0.717, 1.165) is 27.8 Å². The summed E-state index contributed by atoms with van der Waals surface area (Å²) < 4.78 is 7.66. The van der Waals surface area contributed by atoms with Gasteiger partial charge in [-0.3, -0.25) is 4.79 Å². The molecule has 0 aliphatic carbocycles. The third-order valence-corrected chi connectivity index (χ3v) is 4.40. The summed E-state index contributed by atoms with van der Waals surface area (Å²) in [5.41, 5.74) is 2.10. The molecule has 0 aliphatic heterocycles. The first-order chi connectivity index (χ1) is 12.5. The van der Waals surface area contributed by atoms with E-state index in [9.17, 15) is 4.79 Å². The van der Waals surface area contributed by atoms with Crippen molar-refractivity contribution in [2.45, 2.75) is 32.9 Å². The molecule has 0 saturated carbocycles. The summed E-state index contributed by atoms with van der Waals surface area (Å²) in [4.78, 5) is 17.0. The highest BCUT2D eigenvalue weighted by Gasteiger charge is 2.17. The Morgan fingerprint density at radius 2 is 1.92 bits per heavy atom. The van der Waals surface area contributed by atoms with Crippen LogP contribution in [0.25, 0.3) is 22.0 Å². The zero-order valence-corrected chi connectivity index (χ0v) is 14.9. The average molecular weight is 348 g/mol. The van der Waals surface area contributed by atoms with Gasteiger partial charge in [0.2, 0.25) is 0 Å². The number of hydrogen-bond donors (Lipinski definition) is 1. The van der Waals surface area contributed by atoms with Crippen molar-refractivity contribution >= 4 is 27.9 Å². The molecule has 0 saturated heterocycles. The summed E-state index contributed by atoms with van der Waals surface area (Å²) >= 11 is 0. The number of fused-ring (bicyclic) bond motifs is 2. The monoisotopic (exact) mass is 348 g/mol. The van der Waals surface area contributed by atoms with E-state index in [4.69, 9.17) is 4.42 Å². The van der Waals surface area contributed by atoms with Crippen LogP contribution in [0.15, 0.2) is 53.2 Å². The number of carbonyl (C=O) groups is 1. The Balaban J connectivity index is 1.56. The van der Waals surface area contributed by atoms with E-state index in [1.54, 1.807) is 12.4 Å². The van der Waals surface area contributed by atoms with Crippen LogP contribution in [0.5, 0.6) is 0 Å². The first-order valence-electron chi connectivity index (χ1n) is 8.65. The molecule has 6 heteroatoms. The van der Waals surface area contributed by atoms with Crippen molar-refractivity contribution in [3.8, 4) is 0 Å². The SMILES string of the molecule is CC(NC(=O)c1cnc2c(cnn2C(C)C)c1)c1cc2ccccc2o1. The van der Waals surface area contributed by atoms with E-state index < -0.39 is 0 Å². The number of pyridine rings is 1. The van der Waals surface area contributed by atoms with E-state index in [2.05, 4.69) is 15.4 Å². The molecule has 0 radical (unpaired) electrons. The van der Waals surface area contributed by atoms with Crippen LogP contribution in [-0.4, -0.2) is 20.7 Å².